The van der Waals surface area contributed by atoms with Crippen molar-refractivity contribution in [3.05, 3.63) is 0 Å². The van der Waals surface area contributed by atoms with E-state index in [-0.39, 0.29) is 24.8 Å². The molecule has 0 aromatic carbocycles. The highest BCUT2D eigenvalue weighted by Crippen LogP contribution is 2.02. The zero-order valence-electron chi connectivity index (χ0n) is 11.7. The van der Waals surface area contributed by atoms with E-state index in [0.29, 0.717) is 13.1 Å². The van der Waals surface area contributed by atoms with Gasteiger partial charge in [-0.2, -0.15) is 0 Å². The molecule has 0 saturated carbocycles. The largest absolute Gasteiger partial charge is 0.481 e. The van der Waals surface area contributed by atoms with E-state index in [0.717, 1.165) is 0 Å². The van der Waals surface area contributed by atoms with Gasteiger partial charge in [0.15, 0.2) is 0 Å². The summed E-state index contributed by atoms with van der Waals surface area (Å²) in [4.78, 5) is 35.5. The number of hydrogen-bond acceptors (Lipinski definition) is 4. The summed E-state index contributed by atoms with van der Waals surface area (Å²) in [5.41, 5.74) is 5.52. The summed E-state index contributed by atoms with van der Waals surface area (Å²) in [6, 6.07) is -0.786. The normalized spacial score (nSPS) is 13.5. The third-order valence-corrected chi connectivity index (χ3v) is 2.81. The Morgan fingerprint density at radius 2 is 1.84 bits per heavy atom. The van der Waals surface area contributed by atoms with E-state index < -0.39 is 17.9 Å². The van der Waals surface area contributed by atoms with Gasteiger partial charge in [-0.25, -0.2) is 0 Å². The van der Waals surface area contributed by atoms with Crippen molar-refractivity contribution in [3.63, 3.8) is 0 Å². The predicted octanol–water partition coefficient (Wildman–Crippen LogP) is -0.448. The van der Waals surface area contributed by atoms with Gasteiger partial charge < -0.3 is 21.1 Å². The second-order valence-corrected chi connectivity index (χ2v) is 4.39. The molecule has 19 heavy (non-hydrogen) atoms. The molecule has 7 heteroatoms. The number of hydrogen-bond donors (Lipinski definition) is 3. The van der Waals surface area contributed by atoms with Crippen molar-refractivity contribution in [1.29, 1.82) is 0 Å². The lowest BCUT2D eigenvalue weighted by Gasteiger charge is -2.29. The Morgan fingerprint density at radius 1 is 1.26 bits per heavy atom. The van der Waals surface area contributed by atoms with Crippen molar-refractivity contribution in [2.75, 3.05) is 13.1 Å². The van der Waals surface area contributed by atoms with Crippen LogP contribution < -0.4 is 11.1 Å². The van der Waals surface area contributed by atoms with Crippen molar-refractivity contribution in [2.45, 2.75) is 45.7 Å². The van der Waals surface area contributed by atoms with E-state index >= 15 is 0 Å². The van der Waals surface area contributed by atoms with Gasteiger partial charge >= 0.3 is 5.97 Å². The molecule has 0 aromatic heterocycles. The van der Waals surface area contributed by atoms with Crippen LogP contribution in [0.4, 0.5) is 0 Å². The van der Waals surface area contributed by atoms with Gasteiger partial charge in [-0.05, 0) is 20.8 Å². The van der Waals surface area contributed by atoms with Gasteiger partial charge in [0, 0.05) is 25.6 Å². The maximum atomic E-state index is 12.1. The first-order chi connectivity index (χ1) is 8.83. The Labute approximate surface area is 113 Å². The fourth-order valence-corrected chi connectivity index (χ4v) is 1.66. The van der Waals surface area contributed by atoms with Gasteiger partial charge in [0.05, 0.1) is 6.42 Å². The first-order valence-corrected chi connectivity index (χ1v) is 6.35. The number of carbonyl (C=O) groups is 3. The van der Waals surface area contributed by atoms with E-state index in [9.17, 15) is 14.4 Å². The second kappa shape index (κ2) is 8.47. The molecule has 2 atom stereocenters. The lowest BCUT2D eigenvalue weighted by molar-refractivity contribution is -0.139. The van der Waals surface area contributed by atoms with Gasteiger partial charge in [-0.3, -0.25) is 14.4 Å². The average Bonchev–Trinajstić information content (AvgIpc) is 2.36. The van der Waals surface area contributed by atoms with E-state index in [1.807, 2.05) is 13.8 Å². The minimum atomic E-state index is -1.04. The molecule has 4 N–H and O–H groups in total. The van der Waals surface area contributed by atoms with E-state index in [1.165, 1.54) is 0 Å². The highest BCUT2D eigenvalue weighted by molar-refractivity contribution is 5.88. The van der Waals surface area contributed by atoms with E-state index in [2.05, 4.69) is 5.32 Å². The third-order valence-electron chi connectivity index (χ3n) is 2.81. The molecule has 0 saturated heterocycles. The zero-order chi connectivity index (χ0) is 15.0. The third kappa shape index (κ3) is 6.19. The van der Waals surface area contributed by atoms with Crippen molar-refractivity contribution in [2.24, 2.45) is 5.73 Å². The lowest BCUT2D eigenvalue weighted by atomic mass is 10.2. The molecule has 2 amide bonds. The molecule has 0 aliphatic rings. The van der Waals surface area contributed by atoms with Gasteiger partial charge in [-0.1, -0.05) is 0 Å². The van der Waals surface area contributed by atoms with Gasteiger partial charge in [0.25, 0.3) is 0 Å². The number of aliphatic carboxylic acids is 1. The molecular formula is C12H23N3O4. The number of carboxylic acids is 1. The van der Waals surface area contributed by atoms with Gasteiger partial charge in [0.1, 0.15) is 6.04 Å². The topological polar surface area (TPSA) is 113 Å². The highest BCUT2D eigenvalue weighted by atomic mass is 16.4. The van der Waals surface area contributed by atoms with Crippen LogP contribution in [0.2, 0.25) is 0 Å². The number of rotatable bonds is 8. The minimum absolute atomic E-state index is 0.101. The number of nitrogens with two attached hydrogens (primary N) is 1. The summed E-state index contributed by atoms with van der Waals surface area (Å²) >= 11 is 0. The van der Waals surface area contributed by atoms with Crippen LogP contribution in [0.1, 0.15) is 33.6 Å². The van der Waals surface area contributed by atoms with E-state index in [1.54, 1.807) is 11.8 Å². The number of carbonyl (C=O) groups excluding carboxylic acids is 2. The SMILES string of the molecule is CCN(C(=O)C(C)NC(=O)CCC(=O)O)C(C)CN. The molecule has 2 unspecified atom stereocenters. The van der Waals surface area contributed by atoms with Gasteiger partial charge in [0.2, 0.25) is 11.8 Å². The number of likely N-dealkylation sites (N-methyl/N-ethyl adjacent to an activating group) is 1. The molecule has 7 nitrogen and oxygen atoms in total. The molecule has 110 valence electrons. The smallest absolute Gasteiger partial charge is 0.303 e. The standard InChI is InChI=1S/C12H23N3O4/c1-4-15(8(2)7-13)12(19)9(3)14-10(16)5-6-11(17)18/h8-9H,4-7,13H2,1-3H3,(H,14,16)(H,17,18). The predicted molar refractivity (Wildman–Crippen MR) is 70.4 cm³/mol. The Morgan fingerprint density at radius 3 is 2.26 bits per heavy atom. The summed E-state index contributed by atoms with van der Waals surface area (Å²) < 4.78 is 0. The molecule has 0 aliphatic heterocycles. The average molecular weight is 273 g/mol. The van der Waals surface area contributed by atoms with Crippen LogP contribution in [-0.2, 0) is 14.4 Å². The van der Waals surface area contributed by atoms with Crippen molar-refractivity contribution in [3.8, 4) is 0 Å². The first-order valence-electron chi connectivity index (χ1n) is 6.35. The summed E-state index contributed by atoms with van der Waals surface area (Å²) in [6.07, 6.45) is -0.380. The van der Waals surface area contributed by atoms with Crippen molar-refractivity contribution < 1.29 is 19.5 Å². The Bertz CT molecular complexity index is 333. The summed E-state index contributed by atoms with van der Waals surface area (Å²) in [7, 11) is 0. The number of carboxylic acid groups (broad SMARTS) is 1. The maximum Gasteiger partial charge on any atom is 0.303 e. The summed E-state index contributed by atoms with van der Waals surface area (Å²) in [6.45, 7) is 6.10. The van der Waals surface area contributed by atoms with Crippen LogP contribution in [0.5, 0.6) is 0 Å². The van der Waals surface area contributed by atoms with Crippen LogP contribution in [0.25, 0.3) is 0 Å². The number of nitrogens with zero attached hydrogens (tertiary/aromatic N) is 1. The first kappa shape index (κ1) is 17.4. The monoisotopic (exact) mass is 273 g/mol. The highest BCUT2D eigenvalue weighted by Gasteiger charge is 2.24. The molecule has 0 aliphatic carbocycles. The van der Waals surface area contributed by atoms with Gasteiger partial charge in [-0.15, -0.1) is 0 Å². The quantitative estimate of drug-likeness (QED) is 0.554. The summed E-state index contributed by atoms with van der Waals surface area (Å²) in [5, 5.41) is 11.0. The molecule has 0 radical (unpaired) electrons. The van der Waals surface area contributed by atoms with Crippen LogP contribution in [0.15, 0.2) is 0 Å². The maximum absolute atomic E-state index is 12.1. The molecule has 0 spiro atoms. The second-order valence-electron chi connectivity index (χ2n) is 4.39. The van der Waals surface area contributed by atoms with Crippen LogP contribution in [-0.4, -0.2) is 53.0 Å². The van der Waals surface area contributed by atoms with E-state index in [4.69, 9.17) is 10.8 Å². The Hall–Kier alpha value is -1.63. The molecule has 0 heterocycles. The van der Waals surface area contributed by atoms with Crippen LogP contribution in [0.3, 0.4) is 0 Å². The fraction of sp³-hybridized carbons (Fsp3) is 0.750. The minimum Gasteiger partial charge on any atom is -0.481 e. The molecular weight excluding hydrogens is 250 g/mol. The van der Waals surface area contributed by atoms with Crippen molar-refractivity contribution in [1.82, 2.24) is 10.2 Å². The fourth-order valence-electron chi connectivity index (χ4n) is 1.66. The molecule has 0 aromatic rings. The Kier molecular flexibility index (Phi) is 7.74. The molecule has 0 fully saturated rings. The molecule has 0 rings (SSSR count). The molecule has 0 bridgehead atoms. The Balaban J connectivity index is 4.39. The van der Waals surface area contributed by atoms with Crippen molar-refractivity contribution >= 4 is 17.8 Å². The lowest BCUT2D eigenvalue weighted by Crippen LogP contribution is -2.51. The number of nitrogens with one attached hydrogen (secondary N) is 1. The van der Waals surface area contributed by atoms with Crippen LogP contribution in [0, 0.1) is 0 Å². The zero-order valence-corrected chi connectivity index (χ0v) is 11.7. The summed E-state index contributed by atoms with van der Waals surface area (Å²) in [5.74, 6) is -1.70. The van der Waals surface area contributed by atoms with Crippen LogP contribution >= 0.6 is 0 Å². The number of amides is 2.